The third-order valence-electron chi connectivity index (χ3n) is 7.34. The molecule has 1 aliphatic heterocycles. The molecular formula is C30H32FN5O3. The molecule has 1 aromatic heterocycles. The summed E-state index contributed by atoms with van der Waals surface area (Å²) in [6.45, 7) is 5.36. The highest BCUT2D eigenvalue weighted by atomic mass is 19.1. The Kier molecular flexibility index (Phi) is 7.13. The van der Waals surface area contributed by atoms with E-state index in [-0.39, 0.29) is 18.4 Å². The first-order chi connectivity index (χ1) is 18.6. The van der Waals surface area contributed by atoms with Gasteiger partial charge in [0.15, 0.2) is 0 Å². The Labute approximate surface area is 227 Å². The van der Waals surface area contributed by atoms with Crippen LogP contribution in [0.3, 0.4) is 0 Å². The maximum atomic E-state index is 15.1. The fourth-order valence-electron chi connectivity index (χ4n) is 5.60. The van der Waals surface area contributed by atoms with Crippen LogP contribution in [-0.2, 0) is 16.0 Å². The molecule has 2 aliphatic rings. The molecule has 1 saturated carbocycles. The Balaban J connectivity index is 1.26. The maximum Gasteiger partial charge on any atom is 0.411 e. The van der Waals surface area contributed by atoms with Gasteiger partial charge in [0, 0.05) is 24.2 Å². The molecule has 2 bridgehead atoms. The predicted octanol–water partition coefficient (Wildman–Crippen LogP) is 5.02. The van der Waals surface area contributed by atoms with Crippen molar-refractivity contribution in [3.63, 3.8) is 0 Å². The van der Waals surface area contributed by atoms with Crippen LogP contribution < -0.4 is 5.32 Å². The molecule has 0 spiro atoms. The van der Waals surface area contributed by atoms with E-state index in [0.29, 0.717) is 11.1 Å². The Hall–Kier alpha value is -4.19. The molecule has 2 amide bonds. The number of carbonyl (C=O) groups is 2. The van der Waals surface area contributed by atoms with E-state index >= 15 is 4.39 Å². The number of piperidine rings is 1. The third-order valence-corrected chi connectivity index (χ3v) is 7.34. The first kappa shape index (κ1) is 26.4. The van der Waals surface area contributed by atoms with Crippen molar-refractivity contribution in [1.29, 1.82) is 5.26 Å². The van der Waals surface area contributed by atoms with Crippen molar-refractivity contribution in [3.05, 3.63) is 72.3 Å². The number of hydrogen-bond acceptors (Lipinski definition) is 5. The van der Waals surface area contributed by atoms with Gasteiger partial charge in [-0.25, -0.2) is 13.9 Å². The number of nitrogens with one attached hydrogen (secondary N) is 1. The minimum atomic E-state index is -0.946. The third kappa shape index (κ3) is 5.65. The number of hydrogen-bond donors (Lipinski definition) is 1. The number of para-hydroxylation sites is 1. The van der Waals surface area contributed by atoms with Crippen LogP contribution in [0.4, 0.5) is 9.18 Å². The minimum absolute atomic E-state index is 0.00484. The molecule has 2 fully saturated rings. The van der Waals surface area contributed by atoms with E-state index in [9.17, 15) is 14.9 Å². The van der Waals surface area contributed by atoms with E-state index in [4.69, 9.17) is 4.74 Å². The van der Waals surface area contributed by atoms with Gasteiger partial charge in [-0.15, -0.1) is 0 Å². The van der Waals surface area contributed by atoms with Crippen molar-refractivity contribution >= 4 is 12.0 Å². The lowest BCUT2D eigenvalue weighted by molar-refractivity contribution is -0.128. The summed E-state index contributed by atoms with van der Waals surface area (Å²) in [6.07, 6.45) is 5.41. The van der Waals surface area contributed by atoms with Crippen LogP contribution in [0, 0.1) is 23.1 Å². The summed E-state index contributed by atoms with van der Waals surface area (Å²) in [6, 6.07) is 14.8. The second-order valence-corrected chi connectivity index (χ2v) is 11.3. The summed E-state index contributed by atoms with van der Waals surface area (Å²) in [5.74, 6) is -0.843. The van der Waals surface area contributed by atoms with E-state index < -0.39 is 35.5 Å². The summed E-state index contributed by atoms with van der Waals surface area (Å²) < 4.78 is 22.4. The Morgan fingerprint density at radius 2 is 1.95 bits per heavy atom. The summed E-state index contributed by atoms with van der Waals surface area (Å²) in [4.78, 5) is 27.7. The molecule has 5 rings (SSSR count). The van der Waals surface area contributed by atoms with Crippen molar-refractivity contribution in [2.75, 3.05) is 0 Å². The predicted molar refractivity (Wildman–Crippen MR) is 143 cm³/mol. The van der Waals surface area contributed by atoms with Crippen LogP contribution in [-0.4, -0.2) is 50.4 Å². The number of nitrogens with zero attached hydrogens (tertiary/aromatic N) is 4. The van der Waals surface area contributed by atoms with Gasteiger partial charge in [-0.3, -0.25) is 9.69 Å². The minimum Gasteiger partial charge on any atom is -0.444 e. The molecule has 202 valence electrons. The second kappa shape index (κ2) is 10.5. The summed E-state index contributed by atoms with van der Waals surface area (Å²) in [7, 11) is 0. The topological polar surface area (TPSA) is 100 Å². The average Bonchev–Trinajstić information content (AvgIpc) is 3.65. The van der Waals surface area contributed by atoms with Crippen molar-refractivity contribution in [1.82, 2.24) is 20.0 Å². The number of fused-ring (bicyclic) bond motifs is 2. The molecular weight excluding hydrogens is 497 g/mol. The van der Waals surface area contributed by atoms with Gasteiger partial charge < -0.3 is 10.1 Å². The molecule has 1 N–H and O–H groups in total. The smallest absolute Gasteiger partial charge is 0.411 e. The highest BCUT2D eigenvalue weighted by molar-refractivity contribution is 5.87. The van der Waals surface area contributed by atoms with E-state index in [0.717, 1.165) is 30.5 Å². The van der Waals surface area contributed by atoms with Gasteiger partial charge in [0.25, 0.3) is 0 Å². The molecule has 39 heavy (non-hydrogen) atoms. The standard InChI is InChI=1S/C30H32FN5O3/c1-30(2,3)39-29(38)36-25-12-11-21(14-25)27(36)28(37)34-23(16-32)13-20-10-9-19(15-26(20)31)22-17-33-35(18-22)24-7-5-4-6-8-24/h4-10,15,17-18,21,23,25,27H,11-14H2,1-3H3,(H,34,37). The first-order valence-corrected chi connectivity index (χ1v) is 13.2. The number of likely N-dealkylation sites (tertiary alicyclic amines) is 1. The molecule has 8 nitrogen and oxygen atoms in total. The molecule has 2 aromatic carbocycles. The molecule has 0 radical (unpaired) electrons. The fraction of sp³-hybridized carbons (Fsp3) is 0.400. The number of ether oxygens (including phenoxy) is 1. The number of nitriles is 1. The zero-order valence-corrected chi connectivity index (χ0v) is 22.3. The van der Waals surface area contributed by atoms with Crippen LogP contribution in [0.2, 0.25) is 0 Å². The average molecular weight is 530 g/mol. The van der Waals surface area contributed by atoms with Gasteiger partial charge >= 0.3 is 6.09 Å². The quantitative estimate of drug-likeness (QED) is 0.484. The van der Waals surface area contributed by atoms with E-state index in [2.05, 4.69) is 16.5 Å². The molecule has 3 aromatic rings. The Bertz CT molecular complexity index is 1410. The van der Waals surface area contributed by atoms with Crippen molar-refractivity contribution in [3.8, 4) is 22.9 Å². The largest absolute Gasteiger partial charge is 0.444 e. The van der Waals surface area contributed by atoms with Gasteiger partial charge in [-0.2, -0.15) is 10.4 Å². The summed E-state index contributed by atoms with van der Waals surface area (Å²) in [5, 5.41) is 16.9. The lowest BCUT2D eigenvalue weighted by Crippen LogP contribution is -2.55. The zero-order chi connectivity index (χ0) is 27.7. The van der Waals surface area contributed by atoms with Crippen LogP contribution >= 0.6 is 0 Å². The SMILES string of the molecule is CC(C)(C)OC(=O)N1C2CCC(C2)C1C(=O)NC(C#N)Cc1ccc(-c2cnn(-c3ccccc3)c2)cc1F. The molecule has 4 atom stereocenters. The van der Waals surface area contributed by atoms with Gasteiger partial charge in [-0.1, -0.05) is 30.3 Å². The van der Waals surface area contributed by atoms with Crippen molar-refractivity contribution in [2.45, 2.75) is 70.2 Å². The number of halogens is 1. The Morgan fingerprint density at radius 3 is 2.64 bits per heavy atom. The molecule has 1 aliphatic carbocycles. The number of benzene rings is 2. The number of aromatic nitrogens is 2. The van der Waals surface area contributed by atoms with Crippen LogP contribution in [0.5, 0.6) is 0 Å². The normalized spacial score (nSPS) is 20.9. The monoisotopic (exact) mass is 529 g/mol. The zero-order valence-electron chi connectivity index (χ0n) is 22.3. The van der Waals surface area contributed by atoms with Gasteiger partial charge in [0.05, 0.1) is 18.0 Å². The fourth-order valence-corrected chi connectivity index (χ4v) is 5.60. The van der Waals surface area contributed by atoms with Gasteiger partial charge in [-0.05, 0) is 75.3 Å². The summed E-state index contributed by atoms with van der Waals surface area (Å²) >= 11 is 0. The molecule has 2 heterocycles. The van der Waals surface area contributed by atoms with E-state index in [1.165, 1.54) is 11.0 Å². The van der Waals surface area contributed by atoms with Crippen molar-refractivity contribution in [2.24, 2.45) is 5.92 Å². The molecule has 1 saturated heterocycles. The maximum absolute atomic E-state index is 15.1. The highest BCUT2D eigenvalue weighted by Gasteiger charge is 2.52. The Morgan fingerprint density at radius 1 is 1.18 bits per heavy atom. The first-order valence-electron chi connectivity index (χ1n) is 13.2. The highest BCUT2D eigenvalue weighted by Crippen LogP contribution is 2.43. The van der Waals surface area contributed by atoms with Crippen LogP contribution in [0.15, 0.2) is 60.9 Å². The van der Waals surface area contributed by atoms with Gasteiger partial charge in [0.1, 0.15) is 23.5 Å². The number of amides is 2. The molecule has 4 unspecified atom stereocenters. The summed E-state index contributed by atoms with van der Waals surface area (Å²) in [5.41, 5.74) is 1.95. The lowest BCUT2D eigenvalue weighted by Gasteiger charge is -2.35. The number of carbonyl (C=O) groups excluding carboxylic acids is 2. The molecule has 9 heteroatoms. The second-order valence-electron chi connectivity index (χ2n) is 11.3. The lowest BCUT2D eigenvalue weighted by atomic mass is 9.97. The van der Waals surface area contributed by atoms with Gasteiger partial charge in [0.2, 0.25) is 5.91 Å². The number of rotatable bonds is 6. The van der Waals surface area contributed by atoms with Crippen molar-refractivity contribution < 1.29 is 18.7 Å². The van der Waals surface area contributed by atoms with E-state index in [1.807, 2.05) is 36.5 Å². The van der Waals surface area contributed by atoms with Crippen LogP contribution in [0.1, 0.15) is 45.6 Å². The van der Waals surface area contributed by atoms with E-state index in [1.54, 1.807) is 43.8 Å². The van der Waals surface area contributed by atoms with Crippen LogP contribution in [0.25, 0.3) is 16.8 Å².